The number of hydrogen-bond acceptors (Lipinski definition) is 8. The molecule has 1 fully saturated rings. The summed E-state index contributed by atoms with van der Waals surface area (Å²) in [6.45, 7) is 0. The van der Waals surface area contributed by atoms with E-state index >= 15 is 0 Å². The van der Waals surface area contributed by atoms with E-state index in [4.69, 9.17) is 4.74 Å². The highest BCUT2D eigenvalue weighted by Gasteiger charge is 2.43. The summed E-state index contributed by atoms with van der Waals surface area (Å²) in [4.78, 5) is 39.6. The van der Waals surface area contributed by atoms with Crippen molar-refractivity contribution in [2.75, 3.05) is 23.5 Å². The Bertz CT molecular complexity index is 1120. The molecule has 2 aliphatic rings. The fourth-order valence-electron chi connectivity index (χ4n) is 3.60. The molecule has 4 rings (SSSR count). The Hall–Kier alpha value is -2.30. The quantitative estimate of drug-likeness (QED) is 0.331. The number of ether oxygens (including phenoxy) is 1. The van der Waals surface area contributed by atoms with Crippen LogP contribution >= 0.6 is 23.5 Å². The second kappa shape index (κ2) is 9.29. The number of thioether (sulfide) groups is 2. The zero-order valence-electron chi connectivity index (χ0n) is 17.2. The Kier molecular flexibility index (Phi) is 6.64. The minimum absolute atomic E-state index is 0.186. The van der Waals surface area contributed by atoms with Crippen LogP contribution in [0.2, 0.25) is 0 Å². The molecule has 0 bridgehead atoms. The molecule has 0 aliphatic carbocycles. The number of hydrogen-bond donors (Lipinski definition) is 0. The van der Waals surface area contributed by atoms with Gasteiger partial charge in [-0.2, -0.15) is 0 Å². The van der Waals surface area contributed by atoms with E-state index in [1.54, 1.807) is 24.3 Å². The highest BCUT2D eigenvalue weighted by Crippen LogP contribution is 2.45. The van der Waals surface area contributed by atoms with Crippen molar-refractivity contribution in [3.8, 4) is 5.75 Å². The Morgan fingerprint density at radius 2 is 1.59 bits per heavy atom. The number of rotatable bonds is 7. The molecule has 0 radical (unpaired) electrons. The molecule has 10 heteroatoms. The lowest BCUT2D eigenvalue weighted by Crippen LogP contribution is -2.47. The van der Waals surface area contributed by atoms with Crippen LogP contribution in [-0.4, -0.2) is 60.7 Å². The first kappa shape index (κ1) is 22.9. The molecule has 7 nitrogen and oxygen atoms in total. The fraction of sp³-hybridized carbons (Fsp3) is 0.318. The molecular formula is C22H21NO6S3. The van der Waals surface area contributed by atoms with Gasteiger partial charge in [0.2, 0.25) is 0 Å². The molecule has 0 saturated carbocycles. The molecule has 32 heavy (non-hydrogen) atoms. The molecule has 2 heterocycles. The molecule has 1 atom stereocenters. The van der Waals surface area contributed by atoms with Gasteiger partial charge in [-0.15, -0.1) is 23.5 Å². The van der Waals surface area contributed by atoms with Gasteiger partial charge in [-0.1, -0.05) is 24.3 Å². The number of nitrogens with zero attached hydrogens (tertiary/aromatic N) is 1. The van der Waals surface area contributed by atoms with Crippen LogP contribution in [0.15, 0.2) is 48.5 Å². The monoisotopic (exact) mass is 491 g/mol. The number of benzene rings is 2. The van der Waals surface area contributed by atoms with E-state index in [9.17, 15) is 22.8 Å². The summed E-state index contributed by atoms with van der Waals surface area (Å²) in [5, 5.41) is 0. The fourth-order valence-corrected chi connectivity index (χ4v) is 7.11. The van der Waals surface area contributed by atoms with E-state index in [0.29, 0.717) is 4.58 Å². The number of esters is 1. The predicted molar refractivity (Wildman–Crippen MR) is 125 cm³/mol. The number of amides is 2. The maximum absolute atomic E-state index is 13.0. The van der Waals surface area contributed by atoms with Crippen molar-refractivity contribution in [3.05, 3.63) is 65.2 Å². The smallest absolute Gasteiger partial charge is 0.334 e. The third-order valence-electron chi connectivity index (χ3n) is 5.16. The molecule has 2 aromatic rings. The van der Waals surface area contributed by atoms with Gasteiger partial charge >= 0.3 is 5.97 Å². The Labute approximate surface area is 194 Å². The van der Waals surface area contributed by atoms with E-state index in [0.717, 1.165) is 28.2 Å². The Balaban J connectivity index is 1.56. The Morgan fingerprint density at radius 3 is 2.12 bits per heavy atom. The van der Waals surface area contributed by atoms with Crippen molar-refractivity contribution >= 4 is 51.1 Å². The molecule has 2 aliphatic heterocycles. The van der Waals surface area contributed by atoms with Crippen LogP contribution in [0, 0.1) is 0 Å². The SMILES string of the molecule is CS(=O)(=O)CCC(C(=O)Oc1ccc(C2SCCS2)cc1)N1C(=O)c2ccccc2C1=O. The number of carbonyl (C=O) groups is 3. The first-order valence-electron chi connectivity index (χ1n) is 9.94. The Morgan fingerprint density at radius 1 is 1.03 bits per heavy atom. The van der Waals surface area contributed by atoms with Crippen LogP contribution in [0.4, 0.5) is 0 Å². The summed E-state index contributed by atoms with van der Waals surface area (Å²) < 4.78 is 29.3. The van der Waals surface area contributed by atoms with E-state index in [-0.39, 0.29) is 29.1 Å². The van der Waals surface area contributed by atoms with Crippen LogP contribution in [0.25, 0.3) is 0 Å². The number of carbonyl (C=O) groups excluding carboxylic acids is 3. The zero-order chi connectivity index (χ0) is 22.9. The lowest BCUT2D eigenvalue weighted by Gasteiger charge is -2.24. The summed E-state index contributed by atoms with van der Waals surface area (Å²) in [5.74, 6) is -0.0237. The molecule has 2 amide bonds. The van der Waals surface area contributed by atoms with Crippen molar-refractivity contribution in [2.45, 2.75) is 17.0 Å². The average Bonchev–Trinajstić information content (AvgIpc) is 3.37. The second-order valence-electron chi connectivity index (χ2n) is 7.52. The molecule has 0 N–H and O–H groups in total. The third kappa shape index (κ3) is 4.87. The van der Waals surface area contributed by atoms with Gasteiger partial charge in [0.15, 0.2) is 0 Å². The zero-order valence-corrected chi connectivity index (χ0v) is 19.7. The van der Waals surface area contributed by atoms with E-state index < -0.39 is 33.7 Å². The van der Waals surface area contributed by atoms with Crippen molar-refractivity contribution in [2.24, 2.45) is 0 Å². The van der Waals surface area contributed by atoms with Gasteiger partial charge in [0, 0.05) is 17.8 Å². The highest BCUT2D eigenvalue weighted by atomic mass is 32.2. The van der Waals surface area contributed by atoms with Crippen molar-refractivity contribution in [1.29, 1.82) is 0 Å². The van der Waals surface area contributed by atoms with E-state index in [1.165, 1.54) is 12.1 Å². The first-order valence-corrected chi connectivity index (χ1v) is 14.1. The van der Waals surface area contributed by atoms with Crippen LogP contribution in [-0.2, 0) is 14.6 Å². The molecular weight excluding hydrogens is 470 g/mol. The summed E-state index contributed by atoms with van der Waals surface area (Å²) in [6.07, 6.45) is 0.798. The lowest BCUT2D eigenvalue weighted by atomic mass is 10.1. The highest BCUT2D eigenvalue weighted by molar-refractivity contribution is 8.19. The van der Waals surface area contributed by atoms with Crippen LogP contribution < -0.4 is 4.74 Å². The van der Waals surface area contributed by atoms with Crippen LogP contribution in [0.5, 0.6) is 5.75 Å². The lowest BCUT2D eigenvalue weighted by molar-refractivity contribution is -0.138. The first-order chi connectivity index (χ1) is 15.2. The van der Waals surface area contributed by atoms with Crippen molar-refractivity contribution < 1.29 is 27.5 Å². The van der Waals surface area contributed by atoms with Gasteiger partial charge in [0.05, 0.1) is 21.5 Å². The maximum Gasteiger partial charge on any atom is 0.334 e. The molecule has 0 aromatic heterocycles. The minimum Gasteiger partial charge on any atom is -0.425 e. The summed E-state index contributed by atoms with van der Waals surface area (Å²) in [7, 11) is -3.43. The van der Waals surface area contributed by atoms with Crippen molar-refractivity contribution in [1.82, 2.24) is 4.90 Å². The van der Waals surface area contributed by atoms with E-state index in [1.807, 2.05) is 35.7 Å². The third-order valence-corrected chi connectivity index (χ3v) is 9.25. The molecule has 1 saturated heterocycles. The largest absolute Gasteiger partial charge is 0.425 e. The van der Waals surface area contributed by atoms with Gasteiger partial charge in [0.1, 0.15) is 21.6 Å². The number of sulfone groups is 1. The van der Waals surface area contributed by atoms with Gasteiger partial charge in [-0.3, -0.25) is 14.5 Å². The summed E-state index contributed by atoms with van der Waals surface area (Å²) in [5.41, 5.74) is 1.49. The normalized spacial score (nSPS) is 17.5. The van der Waals surface area contributed by atoms with Crippen molar-refractivity contribution in [3.63, 3.8) is 0 Å². The number of imide groups is 1. The van der Waals surface area contributed by atoms with Crippen LogP contribution in [0.3, 0.4) is 0 Å². The maximum atomic E-state index is 13.0. The second-order valence-corrected chi connectivity index (χ2v) is 12.5. The predicted octanol–water partition coefficient (Wildman–Crippen LogP) is 3.17. The minimum atomic E-state index is -3.43. The molecule has 2 aromatic carbocycles. The molecule has 1 unspecified atom stereocenters. The average molecular weight is 492 g/mol. The topological polar surface area (TPSA) is 97.8 Å². The van der Waals surface area contributed by atoms with Crippen LogP contribution in [0.1, 0.15) is 37.3 Å². The summed E-state index contributed by atoms with van der Waals surface area (Å²) in [6, 6.07) is 12.0. The molecule has 0 spiro atoms. The number of fused-ring (bicyclic) bond motifs is 1. The standard InChI is InChI=1S/C22H21NO6S3/c1-32(27,28)13-10-18(23-19(24)16-4-2-3-5-17(16)20(23)25)21(26)29-15-8-6-14(7-9-15)22-30-11-12-31-22/h2-9,18,22H,10-13H2,1H3. The van der Waals surface area contributed by atoms with Gasteiger partial charge < -0.3 is 4.74 Å². The van der Waals surface area contributed by atoms with E-state index in [2.05, 4.69) is 0 Å². The molecule has 168 valence electrons. The van der Waals surface area contributed by atoms with Gasteiger partial charge in [0.25, 0.3) is 11.8 Å². The van der Waals surface area contributed by atoms with Gasteiger partial charge in [-0.05, 0) is 36.2 Å². The van der Waals surface area contributed by atoms with Gasteiger partial charge in [-0.25, -0.2) is 13.2 Å². The summed E-state index contributed by atoms with van der Waals surface area (Å²) >= 11 is 3.71.